The molecular formula is C9H10FIN2O2S2. The summed E-state index contributed by atoms with van der Waals surface area (Å²) in [4.78, 5) is -0.116. The molecule has 0 aliphatic rings. The van der Waals surface area contributed by atoms with Gasteiger partial charge in [-0.25, -0.2) is 12.8 Å². The van der Waals surface area contributed by atoms with Gasteiger partial charge in [0.1, 0.15) is 11.1 Å². The molecule has 0 spiro atoms. The highest BCUT2D eigenvalue weighted by Crippen LogP contribution is 2.21. The van der Waals surface area contributed by atoms with Crippen LogP contribution in [0.25, 0.3) is 0 Å². The fourth-order valence-corrected chi connectivity index (χ4v) is 3.11. The molecule has 0 bridgehead atoms. The Balaban J connectivity index is 3.02. The number of nitrogens with one attached hydrogen (secondary N) is 1. The first-order valence-corrected chi connectivity index (χ1v) is 7.53. The summed E-state index contributed by atoms with van der Waals surface area (Å²) < 4.78 is 39.2. The van der Waals surface area contributed by atoms with Gasteiger partial charge in [0.2, 0.25) is 10.0 Å². The van der Waals surface area contributed by atoms with Gasteiger partial charge in [-0.05, 0) is 47.7 Å². The number of benzene rings is 1. The van der Waals surface area contributed by atoms with Crippen LogP contribution in [-0.2, 0) is 10.0 Å². The minimum atomic E-state index is -3.69. The molecule has 1 aromatic rings. The van der Waals surface area contributed by atoms with Gasteiger partial charge in [0.15, 0.2) is 0 Å². The zero-order valence-corrected chi connectivity index (χ0v) is 12.6. The van der Waals surface area contributed by atoms with Gasteiger partial charge in [-0.1, -0.05) is 12.2 Å². The molecule has 0 saturated carbocycles. The Morgan fingerprint density at radius 2 is 2.18 bits per heavy atom. The number of hydrogen-bond acceptors (Lipinski definition) is 3. The van der Waals surface area contributed by atoms with Crippen molar-refractivity contribution in [2.24, 2.45) is 5.73 Å². The van der Waals surface area contributed by atoms with Crippen LogP contribution in [0.3, 0.4) is 0 Å². The quantitative estimate of drug-likeness (QED) is 0.610. The molecule has 17 heavy (non-hydrogen) atoms. The van der Waals surface area contributed by atoms with E-state index in [1.54, 1.807) is 0 Å². The number of nitrogens with two attached hydrogens (primary N) is 1. The van der Waals surface area contributed by atoms with E-state index in [0.717, 1.165) is 0 Å². The second-order valence-electron chi connectivity index (χ2n) is 3.32. The van der Waals surface area contributed by atoms with Gasteiger partial charge < -0.3 is 5.73 Å². The lowest BCUT2D eigenvalue weighted by molar-refractivity contribution is 0.598. The molecule has 0 radical (unpaired) electrons. The minimum Gasteiger partial charge on any atom is -0.392 e. The first-order valence-electron chi connectivity index (χ1n) is 4.50. The Bertz CT molecular complexity index is 548. The Hall–Kier alpha value is -0.480. The zero-order valence-electron chi connectivity index (χ0n) is 8.78. The van der Waals surface area contributed by atoms with E-state index in [-0.39, 0.29) is 4.99 Å². The average molecular weight is 388 g/mol. The molecule has 0 heterocycles. The minimum absolute atomic E-state index is 0.116. The summed E-state index contributed by atoms with van der Waals surface area (Å²) in [6.45, 7) is 1.39. The molecular weight excluding hydrogens is 378 g/mol. The van der Waals surface area contributed by atoms with Gasteiger partial charge in [0.25, 0.3) is 0 Å². The summed E-state index contributed by atoms with van der Waals surface area (Å²) in [6, 6.07) is 3.75. The largest absolute Gasteiger partial charge is 0.392 e. The molecule has 0 fully saturated rings. The fraction of sp³-hybridized carbons (Fsp3) is 0.222. The second kappa shape index (κ2) is 5.44. The van der Waals surface area contributed by atoms with E-state index in [0.29, 0.717) is 9.26 Å². The van der Waals surface area contributed by atoms with E-state index in [1.807, 2.05) is 22.6 Å². The highest BCUT2D eigenvalue weighted by molar-refractivity contribution is 14.1. The van der Waals surface area contributed by atoms with Crippen LogP contribution < -0.4 is 10.5 Å². The lowest BCUT2D eigenvalue weighted by atomic mass is 10.3. The molecule has 0 aliphatic heterocycles. The number of anilines is 1. The standard InChI is InChI=1S/C9H10FIN2O2S2/c1-5(9(12)16)17(14,15)13-8-3-2-6(10)4-7(8)11/h2-5,13H,1H3,(H2,12,16). The molecule has 1 rings (SSSR count). The Kier molecular flexibility index (Phi) is 4.67. The summed E-state index contributed by atoms with van der Waals surface area (Å²) in [7, 11) is -3.69. The van der Waals surface area contributed by atoms with E-state index in [9.17, 15) is 12.8 Å². The van der Waals surface area contributed by atoms with E-state index >= 15 is 0 Å². The van der Waals surface area contributed by atoms with E-state index < -0.39 is 21.1 Å². The topological polar surface area (TPSA) is 72.2 Å². The molecule has 3 N–H and O–H groups in total. The number of thiocarbonyl (C=S) groups is 1. The second-order valence-corrected chi connectivity index (χ2v) is 6.95. The molecule has 0 aliphatic carbocycles. The van der Waals surface area contributed by atoms with E-state index in [2.05, 4.69) is 16.9 Å². The van der Waals surface area contributed by atoms with Crippen molar-refractivity contribution in [3.8, 4) is 0 Å². The molecule has 0 amide bonds. The predicted molar refractivity (Wildman–Crippen MR) is 77.9 cm³/mol. The summed E-state index contributed by atoms with van der Waals surface area (Å²) >= 11 is 6.47. The van der Waals surface area contributed by atoms with Crippen molar-refractivity contribution in [3.63, 3.8) is 0 Å². The van der Waals surface area contributed by atoms with Crippen molar-refractivity contribution in [1.29, 1.82) is 0 Å². The van der Waals surface area contributed by atoms with Crippen LogP contribution in [0.1, 0.15) is 6.92 Å². The molecule has 94 valence electrons. The SMILES string of the molecule is CC(C(N)=S)S(=O)(=O)Nc1ccc(F)cc1I. The molecule has 1 aromatic carbocycles. The van der Waals surface area contributed by atoms with Gasteiger partial charge >= 0.3 is 0 Å². The highest BCUT2D eigenvalue weighted by Gasteiger charge is 2.23. The van der Waals surface area contributed by atoms with Gasteiger partial charge in [0, 0.05) is 3.57 Å². The first kappa shape index (κ1) is 14.6. The smallest absolute Gasteiger partial charge is 0.241 e. The highest BCUT2D eigenvalue weighted by atomic mass is 127. The van der Waals surface area contributed by atoms with Crippen molar-refractivity contribution >= 4 is 55.5 Å². The van der Waals surface area contributed by atoms with E-state index in [4.69, 9.17) is 5.73 Å². The number of sulfonamides is 1. The monoisotopic (exact) mass is 388 g/mol. The van der Waals surface area contributed by atoms with Crippen LogP contribution in [0.5, 0.6) is 0 Å². The van der Waals surface area contributed by atoms with Crippen molar-refractivity contribution in [2.45, 2.75) is 12.2 Å². The van der Waals surface area contributed by atoms with Crippen LogP contribution in [0.4, 0.5) is 10.1 Å². The summed E-state index contributed by atoms with van der Waals surface area (Å²) in [5.41, 5.74) is 5.59. The summed E-state index contributed by atoms with van der Waals surface area (Å²) in [6.07, 6.45) is 0. The molecule has 4 nitrogen and oxygen atoms in total. The van der Waals surface area contributed by atoms with Crippen LogP contribution in [0.2, 0.25) is 0 Å². The van der Waals surface area contributed by atoms with Crippen LogP contribution in [0, 0.1) is 9.39 Å². The third-order valence-corrected chi connectivity index (χ3v) is 5.13. The third kappa shape index (κ3) is 3.75. The predicted octanol–water partition coefficient (Wildman–Crippen LogP) is 1.85. The maximum atomic E-state index is 12.8. The van der Waals surface area contributed by atoms with Crippen LogP contribution >= 0.6 is 34.8 Å². The molecule has 0 saturated heterocycles. The molecule has 8 heteroatoms. The Morgan fingerprint density at radius 1 is 1.59 bits per heavy atom. The van der Waals surface area contributed by atoms with Gasteiger partial charge in [-0.2, -0.15) is 0 Å². The maximum Gasteiger partial charge on any atom is 0.241 e. The van der Waals surface area contributed by atoms with Crippen molar-refractivity contribution in [2.75, 3.05) is 4.72 Å². The lowest BCUT2D eigenvalue weighted by Gasteiger charge is -2.14. The number of halogens is 2. The van der Waals surface area contributed by atoms with Gasteiger partial charge in [-0.15, -0.1) is 0 Å². The maximum absolute atomic E-state index is 12.8. The van der Waals surface area contributed by atoms with E-state index in [1.165, 1.54) is 25.1 Å². The third-order valence-electron chi connectivity index (χ3n) is 2.05. The number of hydrogen-bond donors (Lipinski definition) is 2. The van der Waals surface area contributed by atoms with Crippen LogP contribution in [-0.4, -0.2) is 18.7 Å². The fourth-order valence-electron chi connectivity index (χ4n) is 0.967. The van der Waals surface area contributed by atoms with Crippen molar-refractivity contribution in [1.82, 2.24) is 0 Å². The molecule has 0 aromatic heterocycles. The van der Waals surface area contributed by atoms with Gasteiger partial charge in [-0.3, -0.25) is 4.72 Å². The molecule has 1 atom stereocenters. The average Bonchev–Trinajstić information content (AvgIpc) is 2.21. The Labute approximate surface area is 118 Å². The normalized spacial score (nSPS) is 13.1. The lowest BCUT2D eigenvalue weighted by Crippen LogP contribution is -2.35. The van der Waals surface area contributed by atoms with Gasteiger partial charge in [0.05, 0.1) is 10.7 Å². The van der Waals surface area contributed by atoms with Crippen molar-refractivity contribution < 1.29 is 12.8 Å². The summed E-state index contributed by atoms with van der Waals surface area (Å²) in [5.74, 6) is -0.431. The van der Waals surface area contributed by atoms with Crippen LogP contribution in [0.15, 0.2) is 18.2 Å². The Morgan fingerprint density at radius 3 is 2.65 bits per heavy atom. The zero-order chi connectivity index (χ0) is 13.2. The molecule has 1 unspecified atom stereocenters. The van der Waals surface area contributed by atoms with Crippen molar-refractivity contribution in [3.05, 3.63) is 27.6 Å². The summed E-state index contributed by atoms with van der Waals surface area (Å²) in [5, 5.41) is -0.988. The first-order chi connectivity index (χ1) is 7.74. The number of rotatable bonds is 4.